The Morgan fingerprint density at radius 2 is 2.19 bits per heavy atom. The zero-order valence-electron chi connectivity index (χ0n) is 15.1. The molecule has 8 heteroatoms. The average molecular weight is 383 g/mol. The van der Waals surface area contributed by atoms with Crippen LogP contribution in [0.15, 0.2) is 34.4 Å². The van der Waals surface area contributed by atoms with Crippen LogP contribution < -0.4 is 10.9 Å². The van der Waals surface area contributed by atoms with E-state index in [4.69, 9.17) is 0 Å². The van der Waals surface area contributed by atoms with E-state index in [0.717, 1.165) is 31.2 Å². The van der Waals surface area contributed by atoms with Crippen LogP contribution in [0, 0.1) is 5.92 Å². The highest BCUT2D eigenvalue weighted by Gasteiger charge is 2.19. The Bertz CT molecular complexity index is 1030. The Labute approximate surface area is 160 Å². The number of likely N-dealkylation sites (tertiary alicyclic amines) is 1. The number of nitrogens with zero attached hydrogens (tertiary/aromatic N) is 3. The SMILES string of the molecule is CC1CCCN(Cc2csc(NC(=O)c3n[nH]c(=O)c4ccccc34)n2)C1. The number of piperidine rings is 1. The zero-order valence-corrected chi connectivity index (χ0v) is 15.9. The first-order valence-electron chi connectivity index (χ1n) is 9.05. The molecule has 0 radical (unpaired) electrons. The molecule has 1 amide bonds. The van der Waals surface area contributed by atoms with E-state index in [2.05, 4.69) is 32.3 Å². The Morgan fingerprint density at radius 1 is 1.37 bits per heavy atom. The molecule has 3 aromatic rings. The lowest BCUT2D eigenvalue weighted by Crippen LogP contribution is -2.33. The van der Waals surface area contributed by atoms with Crippen LogP contribution in [-0.2, 0) is 6.54 Å². The second kappa shape index (κ2) is 7.58. The summed E-state index contributed by atoms with van der Waals surface area (Å²) in [6, 6.07) is 6.93. The van der Waals surface area contributed by atoms with Crippen LogP contribution in [0.1, 0.15) is 35.9 Å². The normalized spacial score (nSPS) is 17.9. The molecule has 1 fully saturated rings. The topological polar surface area (TPSA) is 91.0 Å². The summed E-state index contributed by atoms with van der Waals surface area (Å²) in [5, 5.41) is 12.6. The van der Waals surface area contributed by atoms with Gasteiger partial charge in [0.25, 0.3) is 11.5 Å². The Morgan fingerprint density at radius 3 is 3.00 bits per heavy atom. The van der Waals surface area contributed by atoms with Gasteiger partial charge in [0.2, 0.25) is 0 Å². The minimum Gasteiger partial charge on any atom is -0.297 e. The monoisotopic (exact) mass is 383 g/mol. The van der Waals surface area contributed by atoms with Crippen LogP contribution in [0.4, 0.5) is 5.13 Å². The number of hydrogen-bond donors (Lipinski definition) is 2. The van der Waals surface area contributed by atoms with Gasteiger partial charge in [-0.05, 0) is 31.4 Å². The summed E-state index contributed by atoms with van der Waals surface area (Å²) in [7, 11) is 0. The molecule has 4 rings (SSSR count). The summed E-state index contributed by atoms with van der Waals surface area (Å²) < 4.78 is 0. The van der Waals surface area contributed by atoms with Gasteiger partial charge in [0.05, 0.1) is 11.1 Å². The molecule has 27 heavy (non-hydrogen) atoms. The van der Waals surface area contributed by atoms with Gasteiger partial charge in [0.1, 0.15) is 0 Å². The number of carbonyl (C=O) groups is 1. The van der Waals surface area contributed by atoms with Gasteiger partial charge in [0.15, 0.2) is 10.8 Å². The maximum Gasteiger partial charge on any atom is 0.278 e. The van der Waals surface area contributed by atoms with Crippen molar-refractivity contribution in [1.29, 1.82) is 0 Å². The van der Waals surface area contributed by atoms with Crippen molar-refractivity contribution in [3.05, 3.63) is 51.4 Å². The first-order chi connectivity index (χ1) is 13.1. The summed E-state index contributed by atoms with van der Waals surface area (Å²) in [4.78, 5) is 31.5. The number of carbonyl (C=O) groups excluding carboxylic acids is 1. The third-order valence-electron chi connectivity index (χ3n) is 4.81. The number of nitrogens with one attached hydrogen (secondary N) is 2. The van der Waals surface area contributed by atoms with Gasteiger partial charge >= 0.3 is 0 Å². The number of benzene rings is 1. The molecular weight excluding hydrogens is 362 g/mol. The number of amides is 1. The molecule has 2 aromatic heterocycles. The van der Waals surface area contributed by atoms with Crippen LogP contribution in [0.2, 0.25) is 0 Å². The quantitative estimate of drug-likeness (QED) is 0.723. The smallest absolute Gasteiger partial charge is 0.278 e. The van der Waals surface area contributed by atoms with E-state index >= 15 is 0 Å². The van der Waals surface area contributed by atoms with Crippen molar-refractivity contribution >= 4 is 33.1 Å². The highest BCUT2D eigenvalue weighted by molar-refractivity contribution is 7.14. The standard InChI is InChI=1S/C19H21N5O2S/c1-12-5-4-8-24(9-12)10-13-11-27-19(20-13)21-18(26)16-14-6-2-3-7-15(14)17(25)23-22-16/h2-3,6-7,11-12H,4-5,8-10H2,1H3,(H,23,25)(H,20,21,26). The first kappa shape index (κ1) is 17.8. The lowest BCUT2D eigenvalue weighted by atomic mass is 10.0. The third kappa shape index (κ3) is 3.91. The number of hydrogen-bond acceptors (Lipinski definition) is 6. The van der Waals surface area contributed by atoms with E-state index < -0.39 is 0 Å². The van der Waals surface area contributed by atoms with E-state index in [-0.39, 0.29) is 17.2 Å². The summed E-state index contributed by atoms with van der Waals surface area (Å²) in [5.74, 6) is 0.339. The molecule has 1 aromatic carbocycles. The van der Waals surface area contributed by atoms with Crippen molar-refractivity contribution in [3.8, 4) is 0 Å². The molecule has 3 heterocycles. The highest BCUT2D eigenvalue weighted by Crippen LogP contribution is 2.22. The molecule has 1 saturated heterocycles. The number of fused-ring (bicyclic) bond motifs is 1. The molecule has 0 spiro atoms. The fourth-order valence-electron chi connectivity index (χ4n) is 3.54. The minimum atomic E-state index is -0.380. The highest BCUT2D eigenvalue weighted by atomic mass is 32.1. The second-order valence-corrected chi connectivity index (χ2v) is 7.89. The molecule has 7 nitrogen and oxygen atoms in total. The first-order valence-corrected chi connectivity index (χ1v) is 9.93. The number of anilines is 1. The van der Waals surface area contributed by atoms with E-state index in [1.165, 1.54) is 24.2 Å². The summed E-state index contributed by atoms with van der Waals surface area (Å²) >= 11 is 1.40. The van der Waals surface area contributed by atoms with E-state index in [9.17, 15) is 9.59 Å². The molecule has 1 atom stereocenters. The maximum absolute atomic E-state index is 12.6. The van der Waals surface area contributed by atoms with Crippen LogP contribution in [-0.4, -0.2) is 39.1 Å². The van der Waals surface area contributed by atoms with Crippen molar-refractivity contribution < 1.29 is 4.79 Å². The van der Waals surface area contributed by atoms with Gasteiger partial charge in [-0.2, -0.15) is 5.10 Å². The molecule has 1 aliphatic rings. The molecule has 0 aliphatic carbocycles. The predicted octanol–water partition coefficient (Wildman–Crippen LogP) is 2.86. The van der Waals surface area contributed by atoms with Crippen LogP contribution >= 0.6 is 11.3 Å². The van der Waals surface area contributed by atoms with Crippen molar-refractivity contribution in [2.45, 2.75) is 26.3 Å². The lowest BCUT2D eigenvalue weighted by molar-refractivity contribution is 0.102. The van der Waals surface area contributed by atoms with Crippen LogP contribution in [0.3, 0.4) is 0 Å². The fourth-order valence-corrected chi connectivity index (χ4v) is 4.24. The van der Waals surface area contributed by atoms with Crippen LogP contribution in [0.25, 0.3) is 10.8 Å². The molecule has 140 valence electrons. The van der Waals surface area contributed by atoms with E-state index in [1.54, 1.807) is 24.3 Å². The predicted molar refractivity (Wildman–Crippen MR) is 106 cm³/mol. The molecule has 2 N–H and O–H groups in total. The van der Waals surface area contributed by atoms with Crippen LogP contribution in [0.5, 0.6) is 0 Å². The number of H-pyrrole nitrogens is 1. The molecule has 1 unspecified atom stereocenters. The van der Waals surface area contributed by atoms with Crippen molar-refractivity contribution in [1.82, 2.24) is 20.1 Å². The summed E-state index contributed by atoms with van der Waals surface area (Å²) in [6.45, 7) is 5.26. The number of thiazole rings is 1. The van der Waals surface area contributed by atoms with Crippen molar-refractivity contribution in [3.63, 3.8) is 0 Å². The number of aromatic nitrogens is 3. The molecule has 0 saturated carbocycles. The molecular formula is C19H21N5O2S. The zero-order chi connectivity index (χ0) is 18.8. The van der Waals surface area contributed by atoms with Gasteiger partial charge in [-0.3, -0.25) is 19.8 Å². The lowest BCUT2D eigenvalue weighted by Gasteiger charge is -2.30. The number of rotatable bonds is 4. The molecule has 0 bridgehead atoms. The van der Waals surface area contributed by atoms with E-state index in [1.807, 2.05) is 5.38 Å². The maximum atomic E-state index is 12.6. The average Bonchev–Trinajstić information content (AvgIpc) is 3.09. The summed E-state index contributed by atoms with van der Waals surface area (Å²) in [5.41, 5.74) is 0.838. The van der Waals surface area contributed by atoms with E-state index in [0.29, 0.717) is 15.9 Å². The third-order valence-corrected chi connectivity index (χ3v) is 5.62. The minimum absolute atomic E-state index is 0.187. The van der Waals surface area contributed by atoms with Gasteiger partial charge < -0.3 is 0 Å². The Balaban J connectivity index is 1.49. The fraction of sp³-hybridized carbons (Fsp3) is 0.368. The second-order valence-electron chi connectivity index (χ2n) is 7.03. The summed E-state index contributed by atoms with van der Waals surface area (Å²) in [6.07, 6.45) is 2.51. The van der Waals surface area contributed by atoms with Gasteiger partial charge in [-0.25, -0.2) is 10.1 Å². The van der Waals surface area contributed by atoms with Gasteiger partial charge in [-0.1, -0.05) is 25.1 Å². The van der Waals surface area contributed by atoms with Crippen molar-refractivity contribution in [2.75, 3.05) is 18.4 Å². The molecule has 1 aliphatic heterocycles. The Hall–Kier alpha value is -2.58. The van der Waals surface area contributed by atoms with Crippen molar-refractivity contribution in [2.24, 2.45) is 5.92 Å². The Kier molecular flexibility index (Phi) is 5.00. The number of aromatic amines is 1. The largest absolute Gasteiger partial charge is 0.297 e. The van der Waals surface area contributed by atoms with Gasteiger partial charge in [-0.15, -0.1) is 11.3 Å². The van der Waals surface area contributed by atoms with Gasteiger partial charge in [0, 0.05) is 23.9 Å².